The van der Waals surface area contributed by atoms with Crippen LogP contribution < -0.4 is 71.4 Å². The van der Waals surface area contributed by atoms with Crippen molar-refractivity contribution in [2.24, 2.45) is 11.7 Å². The van der Waals surface area contributed by atoms with Crippen LogP contribution in [0, 0.1) is 5.92 Å². The van der Waals surface area contributed by atoms with E-state index < -0.39 is 181 Å². The topological polar surface area (TPSA) is 432 Å². The van der Waals surface area contributed by atoms with Gasteiger partial charge in [0.25, 0.3) is 10.4 Å². The fourth-order valence-electron chi connectivity index (χ4n) is 7.99. The van der Waals surface area contributed by atoms with Crippen LogP contribution >= 0.6 is 0 Å². The van der Waals surface area contributed by atoms with Crippen molar-refractivity contribution in [1.82, 2.24) is 41.7 Å². The minimum Gasteiger partial charge on any atom is -0.716 e. The van der Waals surface area contributed by atoms with Gasteiger partial charge in [-0.25, -0.2) is 8.42 Å². The van der Waals surface area contributed by atoms with Crippen LogP contribution in [0.5, 0.6) is 11.5 Å². The molecule has 69 heavy (non-hydrogen) atoms. The van der Waals surface area contributed by atoms with Crippen LogP contribution in [0.2, 0.25) is 0 Å². The molecule has 13 atom stereocenters. The van der Waals surface area contributed by atoms with Gasteiger partial charge in [0, 0.05) is 57.5 Å². The average Bonchev–Trinajstić information content (AvgIpc) is 3.79. The summed E-state index contributed by atoms with van der Waals surface area (Å²) in [5, 5.41) is 91.4. The molecule has 0 spiro atoms. The first-order valence-corrected chi connectivity index (χ1v) is 23.1. The Kier molecular flexibility index (Phi) is 22.0. The first kappa shape index (κ1) is 59.0. The largest absolute Gasteiger partial charge is 1.00 e. The molecule has 3 aliphatic heterocycles. The predicted octanol–water partition coefficient (Wildman–Crippen LogP) is -10.8. The monoisotopic (exact) mass is 1010 g/mol. The van der Waals surface area contributed by atoms with E-state index in [4.69, 9.17) is 5.73 Å². The maximum absolute atomic E-state index is 14.6. The van der Waals surface area contributed by atoms with Gasteiger partial charge in [0.15, 0.2) is 11.5 Å². The molecule has 1 aromatic carbocycles. The zero-order valence-electron chi connectivity index (χ0n) is 38.7. The molecule has 15 N–H and O–H groups in total. The molecule has 3 aliphatic rings. The number of hydrogen-bond acceptors (Lipinski definition) is 20. The van der Waals surface area contributed by atoms with Crippen molar-refractivity contribution in [3.05, 3.63) is 23.8 Å². The van der Waals surface area contributed by atoms with Crippen molar-refractivity contribution >= 4 is 51.7 Å². The Morgan fingerprint density at radius 2 is 1.48 bits per heavy atom. The molecule has 3 heterocycles. The molecule has 0 aromatic heterocycles. The van der Waals surface area contributed by atoms with Gasteiger partial charge in [0.05, 0.1) is 49.1 Å². The number of phenols is 1. The van der Waals surface area contributed by atoms with Crippen molar-refractivity contribution in [3.63, 3.8) is 0 Å². The quantitative estimate of drug-likeness (QED) is 0.0378. The van der Waals surface area contributed by atoms with Crippen molar-refractivity contribution in [1.29, 1.82) is 0 Å². The van der Waals surface area contributed by atoms with Crippen LogP contribution in [0.1, 0.15) is 52.5 Å². The van der Waals surface area contributed by atoms with Crippen LogP contribution in [0.4, 0.5) is 0 Å². The summed E-state index contributed by atoms with van der Waals surface area (Å²) in [7, 11) is -5.45. The fraction of sp³-hybridized carbons (Fsp3) is 0.675. The third kappa shape index (κ3) is 16.4. The third-order valence-electron chi connectivity index (χ3n) is 11.5. The van der Waals surface area contributed by atoms with E-state index in [0.29, 0.717) is 6.54 Å². The predicted molar refractivity (Wildman–Crippen MR) is 231 cm³/mol. The first-order chi connectivity index (χ1) is 31.7. The molecule has 1 unspecified atom stereocenters. The van der Waals surface area contributed by atoms with Crippen LogP contribution in [0.25, 0.3) is 0 Å². The molecular formula is C40H62N9NaO18S. The fourth-order valence-corrected chi connectivity index (χ4v) is 8.34. The maximum Gasteiger partial charge on any atom is 1.00 e. The molecule has 27 nitrogen and oxygen atoms in total. The molecule has 7 amide bonds. The van der Waals surface area contributed by atoms with E-state index in [0.717, 1.165) is 34.9 Å². The number of phenolic OH excluding ortho intramolecular Hbond substituents is 1. The summed E-state index contributed by atoms with van der Waals surface area (Å²) in [5.74, 6) is -10.5. The van der Waals surface area contributed by atoms with Crippen LogP contribution in [-0.4, -0.2) is 212 Å². The summed E-state index contributed by atoms with van der Waals surface area (Å²) >= 11 is 0. The zero-order chi connectivity index (χ0) is 50.9. The Bertz CT molecular complexity index is 2120. The van der Waals surface area contributed by atoms with Gasteiger partial charge < -0.3 is 91.9 Å². The molecule has 0 bridgehead atoms. The van der Waals surface area contributed by atoms with Gasteiger partial charge in [0.1, 0.15) is 30.2 Å². The molecule has 0 aliphatic carbocycles. The molecular weight excluding hydrogens is 950 g/mol. The summed E-state index contributed by atoms with van der Waals surface area (Å²) < 4.78 is 38.3. The summed E-state index contributed by atoms with van der Waals surface area (Å²) in [6.45, 7) is 5.13. The van der Waals surface area contributed by atoms with Crippen molar-refractivity contribution in [2.45, 2.75) is 132 Å². The summed E-state index contributed by atoms with van der Waals surface area (Å²) in [5.41, 5.74) is 5.90. The van der Waals surface area contributed by atoms with E-state index in [1.54, 1.807) is 0 Å². The number of β-amino-alcohol motifs (C(OH)–C–C–N with tert-alkyl or cyclic N) is 1. The standard InChI is InChI=1S/C40H63N9O18S.Na/c1-17(2)42-7-8-43-29(56)13-27(55)32-40(63)49-15-18(3)34(57)33(49)38(61)44-14-21(51)11-23(41)35(58)45-30(19(4)50)39(62)48-16-22(52)12-24(48)36(59)46-31(37(60)47-32)26(54)9-20-5-6-25(53)28(10-20)67-68(64,65)66;/h5-6,10,17-19,21-24,26-27,30-34,42,50-55,57H,7-9,11-16,41H2,1-4H3,(H,43,56)(H,44,61)(H,45,58)(H,46,59)(H,47,60)(H,64,65,66);/q;+1/p-1/t18-,19+,21+,22+,23-,24-,26+,27+,30?,31-,32-,33-,34-;/m0./s1. The van der Waals surface area contributed by atoms with Gasteiger partial charge in [-0.3, -0.25) is 33.6 Å². The van der Waals surface area contributed by atoms with Crippen LogP contribution in [0.15, 0.2) is 18.2 Å². The van der Waals surface area contributed by atoms with Gasteiger partial charge in [-0.15, -0.1) is 0 Å². The van der Waals surface area contributed by atoms with E-state index in [1.165, 1.54) is 6.92 Å². The molecule has 0 radical (unpaired) electrons. The smallest absolute Gasteiger partial charge is 0.716 e. The Labute approximate surface area is 419 Å². The third-order valence-corrected chi connectivity index (χ3v) is 11.9. The number of nitrogens with two attached hydrogens (primary N) is 1. The van der Waals surface area contributed by atoms with Gasteiger partial charge >= 0.3 is 29.6 Å². The Hall–Kier alpha value is -4.30. The van der Waals surface area contributed by atoms with E-state index >= 15 is 0 Å². The van der Waals surface area contributed by atoms with Crippen molar-refractivity contribution in [2.75, 3.05) is 32.7 Å². The Morgan fingerprint density at radius 3 is 2.10 bits per heavy atom. The molecule has 3 fully saturated rings. The molecule has 29 heteroatoms. The van der Waals surface area contributed by atoms with Gasteiger partial charge in [-0.1, -0.05) is 26.8 Å². The summed E-state index contributed by atoms with van der Waals surface area (Å²) in [6.07, 6.45) is -13.1. The number of carbonyl (C=O) groups is 7. The van der Waals surface area contributed by atoms with E-state index in [-0.39, 0.29) is 54.3 Å². The summed E-state index contributed by atoms with van der Waals surface area (Å²) in [6, 6.07) is -8.42. The van der Waals surface area contributed by atoms with Gasteiger partial charge in [-0.05, 0) is 31.0 Å². The summed E-state index contributed by atoms with van der Waals surface area (Å²) in [4.78, 5) is 99.0. The minimum atomic E-state index is -5.45. The first-order valence-electron chi connectivity index (χ1n) is 21.8. The number of aliphatic hydroxyl groups is 6. The van der Waals surface area contributed by atoms with E-state index in [1.807, 2.05) is 13.8 Å². The minimum absolute atomic E-state index is 0. The van der Waals surface area contributed by atoms with Gasteiger partial charge in [-0.2, -0.15) is 0 Å². The molecule has 3 saturated heterocycles. The maximum atomic E-state index is 14.6. The molecule has 4 rings (SSSR count). The van der Waals surface area contributed by atoms with Crippen LogP contribution in [0.3, 0.4) is 0 Å². The average molecular weight is 1010 g/mol. The van der Waals surface area contributed by atoms with Crippen LogP contribution in [-0.2, 0) is 50.4 Å². The zero-order valence-corrected chi connectivity index (χ0v) is 41.5. The SMILES string of the molecule is CC(C)NCCNC(=O)C[C@@H](O)[C@@H]1NC(=O)[C@H]([C@H](O)Cc2ccc(O)c(OS(=O)(=O)[O-])c2)NC(=O)[C@@H]2C[C@@H](O)CN2C(=O)C([C@@H](C)O)NC(=O)[C@@H](N)C[C@@H](O)CNC(=O)[C@@H]2[C@@H](O)[C@@H](C)CN2C1=O.[Na+]. The van der Waals surface area contributed by atoms with Crippen molar-refractivity contribution < 1.29 is 116 Å². The number of nitrogens with zero attached hydrogens (tertiary/aromatic N) is 2. The number of hydrogen-bond donors (Lipinski definition) is 14. The number of aromatic hydroxyl groups is 1. The van der Waals surface area contributed by atoms with Crippen molar-refractivity contribution in [3.8, 4) is 11.5 Å². The molecule has 1 aromatic rings. The second kappa shape index (κ2) is 25.7. The number of amides is 7. The molecule has 382 valence electrons. The number of benzene rings is 1. The number of fused-ring (bicyclic) bond motifs is 2. The molecule has 0 saturated carbocycles. The number of nitrogens with one attached hydrogen (secondary N) is 6. The Morgan fingerprint density at radius 1 is 0.855 bits per heavy atom. The van der Waals surface area contributed by atoms with E-state index in [9.17, 15) is 82.3 Å². The second-order valence-electron chi connectivity index (χ2n) is 17.5. The second-order valence-corrected chi connectivity index (χ2v) is 18.5. The number of rotatable bonds is 13. The number of aliphatic hydroxyl groups excluding tert-OH is 6. The van der Waals surface area contributed by atoms with E-state index in [2.05, 4.69) is 36.1 Å². The number of carbonyl (C=O) groups excluding carboxylic acids is 7. The normalized spacial score (nSPS) is 29.2. The van der Waals surface area contributed by atoms with Gasteiger partial charge in [0.2, 0.25) is 41.4 Å². The Balaban J connectivity index is 0.0000126.